The normalized spacial score (nSPS) is 11.2. The first kappa shape index (κ1) is 48.3. The number of hydrogen-bond donors (Lipinski definition) is 0. The number of fused-ring (bicyclic) bond motifs is 3. The minimum absolute atomic E-state index is 0. The number of aromatic nitrogens is 3. The van der Waals surface area contributed by atoms with Gasteiger partial charge in [0.05, 0.1) is 0 Å². The Kier molecular flexibility index (Phi) is 13.3. The second-order valence-corrected chi connectivity index (χ2v) is 20.2. The Labute approximate surface area is 461 Å². The molecule has 5 heteroatoms. The van der Waals surface area contributed by atoms with Crippen LogP contribution >= 0.6 is 11.3 Å². The third-order valence-corrected chi connectivity index (χ3v) is 15.3. The van der Waals surface area contributed by atoms with E-state index in [0.29, 0.717) is 0 Å². The topological polar surface area (TPSA) is 38.7 Å². The largest absolute Gasteiger partial charge is 3.00 e. The number of hydrogen-bond acceptors (Lipinski definition) is 4. The molecule has 0 spiro atoms. The first-order chi connectivity index (χ1) is 37.0. The number of nitrogens with zero attached hydrogens (tertiary/aromatic N) is 3. The van der Waals surface area contributed by atoms with Crippen molar-refractivity contribution in [3.63, 3.8) is 0 Å². The molecule has 0 saturated heterocycles. The van der Waals surface area contributed by atoms with Gasteiger partial charge in [-0.1, -0.05) is 166 Å². The van der Waals surface area contributed by atoms with Crippen LogP contribution in [0.4, 0.5) is 0 Å². The molecule has 360 valence electrons. The summed E-state index contributed by atoms with van der Waals surface area (Å²) in [5, 5.41) is 2.60. The van der Waals surface area contributed by atoms with E-state index in [0.717, 1.165) is 112 Å². The molecule has 13 aromatic rings. The zero-order chi connectivity index (χ0) is 50.2. The summed E-state index contributed by atoms with van der Waals surface area (Å²) >= 11 is 1.84. The molecule has 0 aliphatic carbocycles. The third-order valence-electron chi connectivity index (χ3n) is 14.1. The van der Waals surface area contributed by atoms with Crippen LogP contribution in [0.1, 0.15) is 11.1 Å². The van der Waals surface area contributed by atoms with Gasteiger partial charge >= 0.3 is 20.1 Å². The SMILES string of the molecule is Cc1ccc(-c2[c-]cc(-c3ccccc3-c3cc(-c4ccccc4-c4c[c-]c(-c5cc(C)ccn5)cc4)cc(-c4ccccc4-c4c[c-]c(-c5cc(-c6ccc7c(c6)sc6ccccc67)ccn5)cc4)c3)cc2)nc1.[Ir+3]. The first-order valence-electron chi connectivity index (χ1n) is 25.2. The fourth-order valence-electron chi connectivity index (χ4n) is 10.3. The van der Waals surface area contributed by atoms with Gasteiger partial charge in [-0.2, -0.15) is 0 Å². The third kappa shape index (κ3) is 9.53. The minimum atomic E-state index is 0. The van der Waals surface area contributed by atoms with E-state index in [2.05, 4.69) is 260 Å². The molecule has 0 aliphatic rings. The standard InChI is InChI=1S/C71H46N3S.Ir/c1-46-35-37-72-68(39-46)52-28-22-49(23-29-52)60-12-4-7-15-63(60)57-40-56(62-14-6-3-11-59(62)48-20-26-51(27-21-48)67-34-19-47(2)45-74-67)41-58(42-57)64-16-8-5-13-61(64)50-24-30-53(31-25-50)69-43-55(36-38-73-69)54-32-33-66-65-17-9-10-18-70(65)75-71(66)44-54;/h3-26,28,30,32-45H,1-2H3;/q-3;+3. The maximum absolute atomic E-state index is 4.84. The fourth-order valence-corrected chi connectivity index (χ4v) is 11.4. The summed E-state index contributed by atoms with van der Waals surface area (Å²) in [4.78, 5) is 14.2. The van der Waals surface area contributed by atoms with E-state index in [1.807, 2.05) is 36.0 Å². The Bertz CT molecular complexity index is 4240. The molecule has 9 aromatic carbocycles. The van der Waals surface area contributed by atoms with Crippen molar-refractivity contribution < 1.29 is 20.1 Å². The predicted octanol–water partition coefficient (Wildman–Crippen LogP) is 18.9. The number of benzene rings is 9. The maximum Gasteiger partial charge on any atom is 3.00 e. The van der Waals surface area contributed by atoms with Gasteiger partial charge in [-0.3, -0.25) is 0 Å². The molecule has 0 amide bonds. The summed E-state index contributed by atoms with van der Waals surface area (Å²) in [6.45, 7) is 4.15. The number of rotatable bonds is 10. The molecular weight excluding hydrogens is 1120 g/mol. The van der Waals surface area contributed by atoms with Crippen LogP contribution in [0, 0.1) is 32.0 Å². The Morgan fingerprint density at radius 1 is 0.316 bits per heavy atom. The molecule has 0 aliphatic heterocycles. The Morgan fingerprint density at radius 2 is 0.763 bits per heavy atom. The van der Waals surface area contributed by atoms with E-state index in [1.165, 1.54) is 31.3 Å². The maximum atomic E-state index is 4.84. The van der Waals surface area contributed by atoms with Crippen molar-refractivity contribution in [3.05, 3.63) is 272 Å². The Balaban J connectivity index is 0.00000582. The van der Waals surface area contributed by atoms with Gasteiger partial charge in [0, 0.05) is 38.8 Å². The van der Waals surface area contributed by atoms with Crippen LogP contribution < -0.4 is 0 Å². The average Bonchev–Trinajstić information content (AvgIpc) is 3.88. The number of thiophene rings is 1. The Morgan fingerprint density at radius 3 is 1.26 bits per heavy atom. The second kappa shape index (κ2) is 20.9. The van der Waals surface area contributed by atoms with Gasteiger partial charge in [-0.05, 0) is 123 Å². The molecule has 0 saturated carbocycles. The van der Waals surface area contributed by atoms with Crippen LogP contribution in [-0.2, 0) is 20.1 Å². The molecule has 0 fully saturated rings. The summed E-state index contributed by atoms with van der Waals surface area (Å²) in [5.41, 5.74) is 23.5. The summed E-state index contributed by atoms with van der Waals surface area (Å²) in [6.07, 6.45) is 5.67. The fraction of sp³-hybridized carbons (Fsp3) is 0.0282. The smallest absolute Gasteiger partial charge is 0.305 e. The summed E-state index contributed by atoms with van der Waals surface area (Å²) in [7, 11) is 0. The van der Waals surface area contributed by atoms with Gasteiger partial charge in [0.2, 0.25) is 0 Å². The van der Waals surface area contributed by atoms with Crippen molar-refractivity contribution >= 4 is 31.5 Å². The number of aryl methyl sites for hydroxylation is 2. The van der Waals surface area contributed by atoms with Crippen LogP contribution in [-0.4, -0.2) is 15.0 Å². The second-order valence-electron chi connectivity index (χ2n) is 19.1. The van der Waals surface area contributed by atoms with E-state index in [9.17, 15) is 0 Å². The van der Waals surface area contributed by atoms with Crippen LogP contribution in [0.2, 0.25) is 0 Å². The molecular formula is C71H46IrN3S. The summed E-state index contributed by atoms with van der Waals surface area (Å²) < 4.78 is 2.59. The molecule has 0 N–H and O–H groups in total. The Hall–Kier alpha value is -8.70. The molecule has 0 radical (unpaired) electrons. The van der Waals surface area contributed by atoms with Gasteiger partial charge in [0.25, 0.3) is 0 Å². The molecule has 0 unspecified atom stereocenters. The van der Waals surface area contributed by atoms with Crippen molar-refractivity contribution in [1.29, 1.82) is 0 Å². The van der Waals surface area contributed by atoms with Crippen molar-refractivity contribution in [2.24, 2.45) is 0 Å². The molecule has 4 aromatic heterocycles. The van der Waals surface area contributed by atoms with Gasteiger partial charge in [-0.15, -0.1) is 101 Å². The van der Waals surface area contributed by atoms with Crippen molar-refractivity contribution in [2.75, 3.05) is 0 Å². The molecule has 3 nitrogen and oxygen atoms in total. The van der Waals surface area contributed by atoms with Crippen LogP contribution in [0.5, 0.6) is 0 Å². The van der Waals surface area contributed by atoms with Crippen molar-refractivity contribution in [3.8, 4) is 112 Å². The summed E-state index contributed by atoms with van der Waals surface area (Å²) in [5.74, 6) is 0. The van der Waals surface area contributed by atoms with Gasteiger partial charge in [-0.25, -0.2) is 0 Å². The van der Waals surface area contributed by atoms with Gasteiger partial charge < -0.3 is 15.0 Å². The average molecular weight is 1170 g/mol. The first-order valence-corrected chi connectivity index (χ1v) is 26.0. The monoisotopic (exact) mass is 1170 g/mol. The zero-order valence-corrected chi connectivity index (χ0v) is 44.9. The van der Waals surface area contributed by atoms with Crippen molar-refractivity contribution in [2.45, 2.75) is 13.8 Å². The minimum Gasteiger partial charge on any atom is -0.305 e. The summed E-state index contributed by atoms with van der Waals surface area (Å²) in [6, 6.07) is 91.1. The zero-order valence-electron chi connectivity index (χ0n) is 41.7. The van der Waals surface area contributed by atoms with E-state index in [1.54, 1.807) is 0 Å². The quantitative estimate of drug-likeness (QED) is 0.128. The van der Waals surface area contributed by atoms with Crippen LogP contribution in [0.25, 0.3) is 132 Å². The van der Waals surface area contributed by atoms with E-state index in [4.69, 9.17) is 4.98 Å². The van der Waals surface area contributed by atoms with Crippen LogP contribution in [0.3, 0.4) is 0 Å². The van der Waals surface area contributed by atoms with Crippen LogP contribution in [0.15, 0.2) is 243 Å². The molecule has 0 atom stereocenters. The molecule has 76 heavy (non-hydrogen) atoms. The van der Waals surface area contributed by atoms with E-state index in [-0.39, 0.29) is 20.1 Å². The van der Waals surface area contributed by atoms with Crippen molar-refractivity contribution in [1.82, 2.24) is 15.0 Å². The van der Waals surface area contributed by atoms with E-state index < -0.39 is 0 Å². The number of pyridine rings is 3. The van der Waals surface area contributed by atoms with E-state index >= 15 is 0 Å². The predicted molar refractivity (Wildman–Crippen MR) is 313 cm³/mol. The van der Waals surface area contributed by atoms with Gasteiger partial charge in [0.1, 0.15) is 0 Å². The molecule has 4 heterocycles. The molecule has 0 bridgehead atoms. The molecule has 13 rings (SSSR count). The van der Waals surface area contributed by atoms with Gasteiger partial charge in [0.15, 0.2) is 0 Å².